The number of methoxy groups -OCH3 is 1. The number of aliphatic imine (C=N–C) groups is 1. The van der Waals surface area contributed by atoms with Crippen LogP contribution in [0.5, 0.6) is 5.75 Å². The number of carbonyl (C=O) groups is 2. The fourth-order valence-corrected chi connectivity index (χ4v) is 5.76. The third-order valence-electron chi connectivity index (χ3n) is 6.50. The van der Waals surface area contributed by atoms with Gasteiger partial charge in [0.1, 0.15) is 5.75 Å². The Bertz CT molecular complexity index is 1230. The first kappa shape index (κ1) is 23.2. The van der Waals surface area contributed by atoms with Crippen LogP contribution in [0.1, 0.15) is 37.8 Å². The summed E-state index contributed by atoms with van der Waals surface area (Å²) in [6.45, 7) is 3.47. The fourth-order valence-electron chi connectivity index (χ4n) is 4.80. The highest BCUT2D eigenvalue weighted by molar-refractivity contribution is 8.16. The number of para-hydroxylation sites is 2. The lowest BCUT2D eigenvalue weighted by molar-refractivity contribution is -0.129. The number of benzene rings is 2. The number of anilines is 1. The van der Waals surface area contributed by atoms with Crippen LogP contribution in [0.3, 0.4) is 0 Å². The Morgan fingerprint density at radius 3 is 2.54 bits per heavy atom. The summed E-state index contributed by atoms with van der Waals surface area (Å²) in [6.07, 6.45) is 2.36. The van der Waals surface area contributed by atoms with E-state index < -0.39 is 6.04 Å². The monoisotopic (exact) mass is 488 g/mol. The molecule has 0 saturated carbocycles. The standard InChI is InChI=1S/C27H28N4O3S/c1-18-24(26(33)29-19-10-4-3-5-11-19)25(21-12-6-7-13-22(21)34-2)31-20(17-35-27(31)28-18)16-23(32)30-14-8-9-15-30/h3-7,10-13,17,25H,8-9,14-16H2,1-2H3,(H,29,33). The number of nitrogens with one attached hydrogen (secondary N) is 1. The largest absolute Gasteiger partial charge is 0.496 e. The van der Waals surface area contributed by atoms with E-state index in [4.69, 9.17) is 9.73 Å². The van der Waals surface area contributed by atoms with Crippen LogP contribution in [0.4, 0.5) is 5.69 Å². The third-order valence-corrected chi connectivity index (χ3v) is 7.39. The van der Waals surface area contributed by atoms with Crippen molar-refractivity contribution in [2.24, 2.45) is 4.99 Å². The molecule has 2 aromatic rings. The average Bonchev–Trinajstić information content (AvgIpc) is 3.54. The minimum atomic E-state index is -0.477. The van der Waals surface area contributed by atoms with E-state index >= 15 is 0 Å². The van der Waals surface area contributed by atoms with Crippen LogP contribution in [0.15, 0.2) is 82.0 Å². The van der Waals surface area contributed by atoms with Gasteiger partial charge < -0.3 is 19.9 Å². The average molecular weight is 489 g/mol. The molecule has 1 atom stereocenters. The molecule has 180 valence electrons. The van der Waals surface area contributed by atoms with Crippen molar-refractivity contribution in [2.75, 3.05) is 25.5 Å². The van der Waals surface area contributed by atoms with Crippen LogP contribution in [-0.4, -0.2) is 47.0 Å². The van der Waals surface area contributed by atoms with E-state index in [1.54, 1.807) is 7.11 Å². The molecule has 0 spiro atoms. The molecule has 1 saturated heterocycles. The molecule has 3 heterocycles. The molecule has 1 unspecified atom stereocenters. The molecular weight excluding hydrogens is 460 g/mol. The molecule has 0 radical (unpaired) electrons. The highest BCUT2D eigenvalue weighted by atomic mass is 32.2. The van der Waals surface area contributed by atoms with Crippen molar-refractivity contribution in [1.82, 2.24) is 9.80 Å². The van der Waals surface area contributed by atoms with E-state index in [1.807, 2.05) is 76.7 Å². The number of ether oxygens (including phenoxy) is 1. The van der Waals surface area contributed by atoms with Crippen LogP contribution in [0, 0.1) is 0 Å². The Morgan fingerprint density at radius 1 is 1.09 bits per heavy atom. The highest BCUT2D eigenvalue weighted by Crippen LogP contribution is 2.47. The molecule has 35 heavy (non-hydrogen) atoms. The summed E-state index contributed by atoms with van der Waals surface area (Å²) in [5, 5.41) is 5.77. The number of hydrogen-bond acceptors (Lipinski definition) is 6. The van der Waals surface area contributed by atoms with E-state index in [2.05, 4.69) is 5.32 Å². The number of carbonyl (C=O) groups excluding carboxylic acids is 2. The molecule has 2 aromatic carbocycles. The number of thioether (sulfide) groups is 1. The lowest BCUT2D eigenvalue weighted by atomic mass is 9.92. The van der Waals surface area contributed by atoms with Crippen molar-refractivity contribution in [3.05, 3.63) is 82.5 Å². The van der Waals surface area contributed by atoms with Crippen molar-refractivity contribution in [3.8, 4) is 5.75 Å². The molecule has 5 rings (SSSR count). The van der Waals surface area contributed by atoms with Gasteiger partial charge in [-0.05, 0) is 43.4 Å². The zero-order valence-electron chi connectivity index (χ0n) is 19.9. The number of fused-ring (bicyclic) bond motifs is 1. The Kier molecular flexibility index (Phi) is 6.63. The van der Waals surface area contributed by atoms with Crippen molar-refractivity contribution >= 4 is 34.4 Å². The summed E-state index contributed by atoms with van der Waals surface area (Å²) in [6, 6.07) is 16.6. The fraction of sp³-hybridized carbons (Fsp3) is 0.296. The van der Waals surface area contributed by atoms with E-state index in [0.717, 1.165) is 42.4 Å². The Labute approximate surface area is 209 Å². The van der Waals surface area contributed by atoms with E-state index in [9.17, 15) is 9.59 Å². The predicted octanol–water partition coefficient (Wildman–Crippen LogP) is 4.92. The molecule has 1 N–H and O–H groups in total. The van der Waals surface area contributed by atoms with E-state index in [1.165, 1.54) is 11.8 Å². The summed E-state index contributed by atoms with van der Waals surface area (Å²) in [5.74, 6) is 0.559. The SMILES string of the molecule is COc1ccccc1C1C(C(=O)Nc2ccccc2)=C(C)N=C2SC=C(CC(=O)N3CCCC3)N21. The predicted molar refractivity (Wildman–Crippen MR) is 139 cm³/mol. The Balaban J connectivity index is 1.54. The second kappa shape index (κ2) is 10.00. The van der Waals surface area contributed by atoms with Gasteiger partial charge in [-0.25, -0.2) is 4.99 Å². The quantitative estimate of drug-likeness (QED) is 0.625. The first-order chi connectivity index (χ1) is 17.1. The molecule has 0 bridgehead atoms. The zero-order chi connectivity index (χ0) is 24.4. The molecule has 1 fully saturated rings. The van der Waals surface area contributed by atoms with Crippen molar-refractivity contribution < 1.29 is 14.3 Å². The normalized spacial score (nSPS) is 19.3. The maximum absolute atomic E-state index is 13.7. The molecule has 7 nitrogen and oxygen atoms in total. The lowest BCUT2D eigenvalue weighted by Gasteiger charge is -2.37. The number of nitrogens with zero attached hydrogens (tertiary/aromatic N) is 3. The first-order valence-corrected chi connectivity index (χ1v) is 12.7. The third kappa shape index (κ3) is 4.58. The number of hydrogen-bond donors (Lipinski definition) is 1. The second-order valence-electron chi connectivity index (χ2n) is 8.72. The molecule has 2 amide bonds. The topological polar surface area (TPSA) is 74.2 Å². The number of rotatable bonds is 6. The lowest BCUT2D eigenvalue weighted by Crippen LogP contribution is -2.39. The van der Waals surface area contributed by atoms with Crippen molar-refractivity contribution in [3.63, 3.8) is 0 Å². The summed E-state index contributed by atoms with van der Waals surface area (Å²) in [4.78, 5) is 35.5. The second-order valence-corrected chi connectivity index (χ2v) is 9.56. The Morgan fingerprint density at radius 2 is 1.80 bits per heavy atom. The minimum Gasteiger partial charge on any atom is -0.496 e. The minimum absolute atomic E-state index is 0.107. The van der Waals surface area contributed by atoms with Crippen LogP contribution >= 0.6 is 11.8 Å². The summed E-state index contributed by atoms with van der Waals surface area (Å²) in [7, 11) is 1.63. The maximum Gasteiger partial charge on any atom is 0.255 e. The molecule has 0 aromatic heterocycles. The van der Waals surface area contributed by atoms with E-state index in [-0.39, 0.29) is 18.2 Å². The van der Waals surface area contributed by atoms with Crippen LogP contribution < -0.4 is 10.1 Å². The number of amides is 2. The molecule has 3 aliphatic rings. The number of amidine groups is 1. The smallest absolute Gasteiger partial charge is 0.255 e. The van der Waals surface area contributed by atoms with Gasteiger partial charge in [0, 0.05) is 30.0 Å². The summed E-state index contributed by atoms with van der Waals surface area (Å²) >= 11 is 1.49. The molecular formula is C27H28N4O3S. The molecule has 0 aliphatic carbocycles. The van der Waals surface area contributed by atoms with Gasteiger partial charge in [-0.2, -0.15) is 0 Å². The van der Waals surface area contributed by atoms with Gasteiger partial charge in [-0.3, -0.25) is 9.59 Å². The van der Waals surface area contributed by atoms with Gasteiger partial charge in [0.25, 0.3) is 5.91 Å². The van der Waals surface area contributed by atoms with Gasteiger partial charge in [-0.15, -0.1) is 0 Å². The summed E-state index contributed by atoms with van der Waals surface area (Å²) in [5.41, 5.74) is 3.58. The van der Waals surface area contributed by atoms with Crippen molar-refractivity contribution in [1.29, 1.82) is 0 Å². The van der Waals surface area contributed by atoms with Crippen LogP contribution in [0.2, 0.25) is 0 Å². The number of likely N-dealkylation sites (tertiary alicyclic amines) is 1. The molecule has 8 heteroatoms. The van der Waals surface area contributed by atoms with Gasteiger partial charge in [0.2, 0.25) is 5.91 Å². The first-order valence-electron chi connectivity index (χ1n) is 11.8. The van der Waals surface area contributed by atoms with Gasteiger partial charge >= 0.3 is 0 Å². The maximum atomic E-state index is 13.7. The van der Waals surface area contributed by atoms with Crippen LogP contribution in [0.25, 0.3) is 0 Å². The van der Waals surface area contributed by atoms with Gasteiger partial charge in [0.05, 0.1) is 30.8 Å². The highest BCUT2D eigenvalue weighted by Gasteiger charge is 2.42. The van der Waals surface area contributed by atoms with Gasteiger partial charge in [-0.1, -0.05) is 48.2 Å². The zero-order valence-corrected chi connectivity index (χ0v) is 20.7. The molecule has 3 aliphatic heterocycles. The Hall–Kier alpha value is -3.52. The van der Waals surface area contributed by atoms with Gasteiger partial charge in [0.15, 0.2) is 5.17 Å². The van der Waals surface area contributed by atoms with Crippen LogP contribution in [-0.2, 0) is 9.59 Å². The van der Waals surface area contributed by atoms with Crippen molar-refractivity contribution in [2.45, 2.75) is 32.2 Å². The number of allylic oxidation sites excluding steroid dienone is 1. The van der Waals surface area contributed by atoms with E-state index in [0.29, 0.717) is 22.7 Å². The summed E-state index contributed by atoms with van der Waals surface area (Å²) < 4.78 is 5.70.